The number of carbonyl (C=O) groups excluding carboxylic acids is 3. The first-order chi connectivity index (χ1) is 16.5. The molecular formula is C26H19N3O4S. The van der Waals surface area contributed by atoms with E-state index in [-0.39, 0.29) is 24.0 Å². The second-order valence-corrected chi connectivity index (χ2v) is 8.78. The first kappa shape index (κ1) is 21.4. The minimum absolute atomic E-state index is 0.0195. The molecule has 2 aromatic carbocycles. The molecule has 0 fully saturated rings. The minimum atomic E-state index is -0.322. The predicted octanol–water partition coefficient (Wildman–Crippen LogP) is 4.94. The van der Waals surface area contributed by atoms with Crippen LogP contribution in [0.25, 0.3) is 22.8 Å². The Kier molecular flexibility index (Phi) is 5.57. The van der Waals surface area contributed by atoms with E-state index in [0.717, 1.165) is 16.7 Å². The van der Waals surface area contributed by atoms with Crippen LogP contribution in [0.3, 0.4) is 0 Å². The SMILES string of the molecule is O=Cc1ccc(-c2c(NC(=O)Cc3cccs3)ccc3c2/C(=C/c2[nH]ccc2O)C(=O)N3)cc1. The highest BCUT2D eigenvalue weighted by Gasteiger charge is 2.30. The van der Waals surface area contributed by atoms with Gasteiger partial charge in [0.2, 0.25) is 5.91 Å². The van der Waals surface area contributed by atoms with Crippen molar-refractivity contribution >= 4 is 52.5 Å². The molecule has 3 heterocycles. The third-order valence-electron chi connectivity index (χ3n) is 5.54. The summed E-state index contributed by atoms with van der Waals surface area (Å²) in [6, 6.07) is 15.7. The van der Waals surface area contributed by atoms with Crippen LogP contribution in [0.2, 0.25) is 0 Å². The Morgan fingerprint density at radius 2 is 1.88 bits per heavy atom. The Hall–Kier alpha value is -4.43. The number of thiophene rings is 1. The molecule has 2 amide bonds. The molecule has 0 radical (unpaired) electrons. The zero-order chi connectivity index (χ0) is 23.7. The van der Waals surface area contributed by atoms with Crippen molar-refractivity contribution in [2.45, 2.75) is 6.42 Å². The Morgan fingerprint density at radius 3 is 2.56 bits per heavy atom. The largest absolute Gasteiger partial charge is 0.506 e. The normalized spacial score (nSPS) is 13.5. The number of amides is 2. The number of aromatic amines is 1. The lowest BCUT2D eigenvalue weighted by molar-refractivity contribution is -0.115. The van der Waals surface area contributed by atoms with E-state index in [4.69, 9.17) is 0 Å². The van der Waals surface area contributed by atoms with Gasteiger partial charge in [0, 0.05) is 39.1 Å². The lowest BCUT2D eigenvalue weighted by Crippen LogP contribution is -2.14. The van der Waals surface area contributed by atoms with E-state index in [2.05, 4.69) is 15.6 Å². The highest BCUT2D eigenvalue weighted by molar-refractivity contribution is 7.10. The molecule has 0 saturated heterocycles. The summed E-state index contributed by atoms with van der Waals surface area (Å²) >= 11 is 1.51. The molecule has 0 spiro atoms. The third kappa shape index (κ3) is 4.02. The summed E-state index contributed by atoms with van der Waals surface area (Å²) in [6.07, 6.45) is 4.15. The van der Waals surface area contributed by atoms with Crippen LogP contribution in [0.5, 0.6) is 5.75 Å². The fraction of sp³-hybridized carbons (Fsp3) is 0.0385. The van der Waals surface area contributed by atoms with Crippen molar-refractivity contribution in [3.05, 3.63) is 87.9 Å². The van der Waals surface area contributed by atoms with Crippen LogP contribution in [0.4, 0.5) is 11.4 Å². The summed E-state index contributed by atoms with van der Waals surface area (Å²) in [5.74, 6) is -0.485. The average molecular weight is 470 g/mol. The van der Waals surface area contributed by atoms with Gasteiger partial charge < -0.3 is 20.7 Å². The summed E-state index contributed by atoms with van der Waals surface area (Å²) in [5.41, 5.74) is 4.36. The van der Waals surface area contributed by atoms with Crippen molar-refractivity contribution in [2.75, 3.05) is 10.6 Å². The number of nitrogens with one attached hydrogen (secondary N) is 3. The van der Waals surface area contributed by atoms with E-state index in [9.17, 15) is 19.5 Å². The number of H-pyrrole nitrogens is 1. The molecule has 0 unspecified atom stereocenters. The Bertz CT molecular complexity index is 1430. The van der Waals surface area contributed by atoms with Crippen molar-refractivity contribution in [2.24, 2.45) is 0 Å². The zero-order valence-electron chi connectivity index (χ0n) is 17.8. The summed E-state index contributed by atoms with van der Waals surface area (Å²) in [5, 5.41) is 17.9. The number of benzene rings is 2. The molecule has 7 nitrogen and oxygen atoms in total. The van der Waals surface area contributed by atoms with E-state index in [1.165, 1.54) is 17.4 Å². The van der Waals surface area contributed by atoms with E-state index in [0.29, 0.717) is 39.3 Å². The van der Waals surface area contributed by atoms with E-state index in [1.54, 1.807) is 48.7 Å². The molecule has 2 aromatic heterocycles. The number of hydrogen-bond donors (Lipinski definition) is 4. The molecule has 34 heavy (non-hydrogen) atoms. The lowest BCUT2D eigenvalue weighted by atomic mass is 9.92. The molecule has 4 aromatic rings. The van der Waals surface area contributed by atoms with E-state index in [1.807, 2.05) is 17.5 Å². The quantitative estimate of drug-likeness (QED) is 0.237. The lowest BCUT2D eigenvalue weighted by Gasteiger charge is -2.16. The maximum Gasteiger partial charge on any atom is 0.256 e. The van der Waals surface area contributed by atoms with Crippen LogP contribution in [0, 0.1) is 0 Å². The number of hydrogen-bond acceptors (Lipinski definition) is 5. The van der Waals surface area contributed by atoms with Crippen molar-refractivity contribution < 1.29 is 19.5 Å². The molecule has 4 N–H and O–H groups in total. The van der Waals surface area contributed by atoms with Crippen LogP contribution in [0.15, 0.2) is 66.2 Å². The standard InChI is InChI=1S/C26H19N3O4S/c30-14-15-3-5-16(6-4-15)24-19(28-23(32)12-17-2-1-11-34-17)7-8-20-25(24)18(26(33)29-20)13-21-22(31)9-10-27-21/h1-11,13-14,27,31H,12H2,(H,28,32)(H,29,33)/b18-13-. The molecule has 5 rings (SSSR count). The number of carbonyl (C=O) groups is 3. The van der Waals surface area contributed by atoms with Gasteiger partial charge >= 0.3 is 0 Å². The van der Waals surface area contributed by atoms with E-state index < -0.39 is 0 Å². The molecule has 1 aliphatic heterocycles. The number of fused-ring (bicyclic) bond motifs is 1. The highest BCUT2D eigenvalue weighted by Crippen LogP contribution is 2.45. The van der Waals surface area contributed by atoms with Gasteiger partial charge in [-0.25, -0.2) is 0 Å². The van der Waals surface area contributed by atoms with Gasteiger partial charge in [0.25, 0.3) is 5.91 Å². The maximum atomic E-state index is 12.9. The van der Waals surface area contributed by atoms with Gasteiger partial charge in [0.05, 0.1) is 17.7 Å². The predicted molar refractivity (Wildman–Crippen MR) is 133 cm³/mol. The van der Waals surface area contributed by atoms with Crippen LogP contribution >= 0.6 is 11.3 Å². The molecule has 168 valence electrons. The zero-order valence-corrected chi connectivity index (χ0v) is 18.6. The molecule has 8 heteroatoms. The van der Waals surface area contributed by atoms with Gasteiger partial charge in [-0.15, -0.1) is 11.3 Å². The molecule has 1 aliphatic rings. The monoisotopic (exact) mass is 469 g/mol. The first-order valence-electron chi connectivity index (χ1n) is 10.5. The fourth-order valence-electron chi connectivity index (χ4n) is 3.96. The summed E-state index contributed by atoms with van der Waals surface area (Å²) in [4.78, 5) is 40.7. The van der Waals surface area contributed by atoms with Crippen molar-refractivity contribution in [1.82, 2.24) is 4.98 Å². The summed E-state index contributed by atoms with van der Waals surface area (Å²) in [6.45, 7) is 0. The Balaban J connectivity index is 1.65. The molecule has 0 aliphatic carbocycles. The molecule has 0 bridgehead atoms. The second kappa shape index (κ2) is 8.84. The van der Waals surface area contributed by atoms with Crippen molar-refractivity contribution in [3.8, 4) is 16.9 Å². The topological polar surface area (TPSA) is 111 Å². The molecule has 0 saturated carbocycles. The van der Waals surface area contributed by atoms with E-state index >= 15 is 0 Å². The first-order valence-corrected chi connectivity index (χ1v) is 11.4. The number of anilines is 2. The van der Waals surface area contributed by atoms with Gasteiger partial charge in [-0.05, 0) is 41.3 Å². The van der Waals surface area contributed by atoms with Crippen molar-refractivity contribution in [1.29, 1.82) is 0 Å². The van der Waals surface area contributed by atoms with Gasteiger partial charge in [-0.2, -0.15) is 0 Å². The summed E-state index contributed by atoms with van der Waals surface area (Å²) in [7, 11) is 0. The molecule has 0 atom stereocenters. The smallest absolute Gasteiger partial charge is 0.256 e. The molecular weight excluding hydrogens is 450 g/mol. The number of aldehydes is 1. The van der Waals surface area contributed by atoms with Gasteiger partial charge in [0.1, 0.15) is 12.0 Å². The van der Waals surface area contributed by atoms with Crippen LogP contribution in [0.1, 0.15) is 26.5 Å². The number of aromatic nitrogens is 1. The fourth-order valence-corrected chi connectivity index (χ4v) is 4.66. The Labute approximate surface area is 198 Å². The summed E-state index contributed by atoms with van der Waals surface area (Å²) < 4.78 is 0. The van der Waals surface area contributed by atoms with Crippen LogP contribution in [-0.2, 0) is 16.0 Å². The van der Waals surface area contributed by atoms with Gasteiger partial charge in [-0.3, -0.25) is 14.4 Å². The number of rotatable bonds is 6. The van der Waals surface area contributed by atoms with Gasteiger partial charge in [0.15, 0.2) is 0 Å². The van der Waals surface area contributed by atoms with Crippen LogP contribution in [-0.4, -0.2) is 28.2 Å². The average Bonchev–Trinajstić information content (AvgIpc) is 3.56. The van der Waals surface area contributed by atoms with Gasteiger partial charge in [-0.1, -0.05) is 30.3 Å². The van der Waals surface area contributed by atoms with Crippen molar-refractivity contribution in [3.63, 3.8) is 0 Å². The number of aromatic hydroxyl groups is 1. The minimum Gasteiger partial charge on any atom is -0.506 e. The third-order valence-corrected chi connectivity index (χ3v) is 6.41. The second-order valence-electron chi connectivity index (χ2n) is 7.74. The Morgan fingerprint density at radius 1 is 1.06 bits per heavy atom. The van der Waals surface area contributed by atoms with Crippen LogP contribution < -0.4 is 10.6 Å². The highest BCUT2D eigenvalue weighted by atomic mass is 32.1. The maximum absolute atomic E-state index is 12.9.